The molecule has 2 N–H and O–H groups in total. The van der Waals surface area contributed by atoms with E-state index in [0.29, 0.717) is 19.6 Å². The van der Waals surface area contributed by atoms with E-state index in [-0.39, 0.29) is 16.8 Å². The Morgan fingerprint density at radius 3 is 2.61 bits per heavy atom. The maximum absolute atomic E-state index is 12.9. The molecular weight excluding hydrogens is 418 g/mol. The number of aromatic amines is 1. The number of hydrogen-bond donors (Lipinski definition) is 2. The van der Waals surface area contributed by atoms with Crippen LogP contribution < -0.4 is 9.62 Å². The maximum atomic E-state index is 12.9. The van der Waals surface area contributed by atoms with Crippen molar-refractivity contribution in [3.63, 3.8) is 0 Å². The van der Waals surface area contributed by atoms with Crippen molar-refractivity contribution in [2.45, 2.75) is 37.8 Å². The lowest BCUT2D eigenvalue weighted by Crippen LogP contribution is -2.40. The summed E-state index contributed by atoms with van der Waals surface area (Å²) in [6.07, 6.45) is 0.764. The number of nitrogens with one attached hydrogen (secondary N) is 2. The van der Waals surface area contributed by atoms with Crippen molar-refractivity contribution in [1.82, 2.24) is 19.6 Å². The molecule has 0 unspecified atom stereocenters. The molecule has 0 aliphatic carbocycles. The van der Waals surface area contributed by atoms with Crippen LogP contribution in [0.5, 0.6) is 0 Å². The maximum Gasteiger partial charge on any atom is 0.289 e. The van der Waals surface area contributed by atoms with Crippen molar-refractivity contribution in [2.24, 2.45) is 0 Å². The predicted molar refractivity (Wildman–Crippen MR) is 118 cm³/mol. The zero-order valence-corrected chi connectivity index (χ0v) is 18.7. The molecule has 166 valence electrons. The van der Waals surface area contributed by atoms with E-state index in [1.165, 1.54) is 12.1 Å². The first-order valence-corrected chi connectivity index (χ1v) is 11.7. The molecule has 0 spiro atoms. The zero-order valence-electron chi connectivity index (χ0n) is 17.9. The number of carbonyl (C=O) groups excluding carboxylic acids is 1. The summed E-state index contributed by atoms with van der Waals surface area (Å²) in [5, 5.41) is -0.260. The molecule has 3 aromatic rings. The first-order valence-electron chi connectivity index (χ1n) is 10.3. The highest BCUT2D eigenvalue weighted by Gasteiger charge is 2.28. The minimum atomic E-state index is -3.83. The van der Waals surface area contributed by atoms with E-state index in [4.69, 9.17) is 4.42 Å². The van der Waals surface area contributed by atoms with Crippen LogP contribution >= 0.6 is 0 Å². The highest BCUT2D eigenvalue weighted by molar-refractivity contribution is 7.89. The van der Waals surface area contributed by atoms with Gasteiger partial charge in [-0.05, 0) is 51.5 Å². The number of sulfonamides is 1. The van der Waals surface area contributed by atoms with Crippen LogP contribution in [-0.4, -0.2) is 60.9 Å². The number of aromatic nitrogens is 2. The number of H-pyrrole nitrogens is 1. The third-order valence-electron chi connectivity index (χ3n) is 4.96. The fraction of sp³-hybridized carbons (Fsp3) is 0.429. The van der Waals surface area contributed by atoms with Gasteiger partial charge in [-0.15, -0.1) is 0 Å². The number of furan rings is 1. The molecule has 0 atom stereocenters. The first-order chi connectivity index (χ1) is 14.6. The number of carbonyl (C=O) groups is 1. The largest absolute Gasteiger partial charge is 0.438 e. The summed E-state index contributed by atoms with van der Waals surface area (Å²) < 4.78 is 32.8. The summed E-state index contributed by atoms with van der Waals surface area (Å²) in [5.74, 6) is 0.491. The monoisotopic (exact) mass is 445 g/mol. The van der Waals surface area contributed by atoms with Crippen molar-refractivity contribution in [3.05, 3.63) is 42.2 Å². The highest BCUT2D eigenvalue weighted by Crippen LogP contribution is 2.21. The standard InChI is InChI=1S/C21H27N5O4S/c1-21(2,3)24-31(28,29)18-10-9-17(30-18)19(27)25-11-6-12-26(14-13-25)20-22-15-7-4-5-8-16(15)23-20/h4-5,7-10,24H,6,11-14H2,1-3H3,(H,22,23). The molecule has 2 aromatic heterocycles. The van der Waals surface area contributed by atoms with E-state index in [9.17, 15) is 13.2 Å². The molecule has 10 heteroatoms. The minimum absolute atomic E-state index is 0.0199. The van der Waals surface area contributed by atoms with Gasteiger partial charge in [0.2, 0.25) is 11.0 Å². The van der Waals surface area contributed by atoms with E-state index in [1.807, 2.05) is 24.3 Å². The Morgan fingerprint density at radius 1 is 1.10 bits per heavy atom. The Bertz CT molecular complexity index is 1160. The number of amides is 1. The molecule has 4 rings (SSSR count). The third-order valence-corrected chi connectivity index (χ3v) is 6.59. The van der Waals surface area contributed by atoms with Gasteiger partial charge in [-0.25, -0.2) is 18.1 Å². The van der Waals surface area contributed by atoms with Crippen LogP contribution in [0.15, 0.2) is 45.9 Å². The average molecular weight is 446 g/mol. The van der Waals surface area contributed by atoms with E-state index in [2.05, 4.69) is 19.6 Å². The van der Waals surface area contributed by atoms with E-state index in [0.717, 1.165) is 29.9 Å². The molecule has 1 aliphatic heterocycles. The van der Waals surface area contributed by atoms with Crippen LogP contribution in [0.4, 0.5) is 5.95 Å². The Balaban J connectivity index is 1.45. The fourth-order valence-electron chi connectivity index (χ4n) is 3.61. The summed E-state index contributed by atoms with van der Waals surface area (Å²) in [7, 11) is -3.83. The molecule has 3 heterocycles. The minimum Gasteiger partial charge on any atom is -0.438 e. The number of nitrogens with zero attached hydrogens (tertiary/aromatic N) is 3. The van der Waals surface area contributed by atoms with Crippen molar-refractivity contribution >= 4 is 32.9 Å². The van der Waals surface area contributed by atoms with Crippen LogP contribution in [0.3, 0.4) is 0 Å². The second kappa shape index (κ2) is 8.01. The number of para-hydroxylation sites is 2. The number of imidazole rings is 1. The highest BCUT2D eigenvalue weighted by atomic mass is 32.2. The van der Waals surface area contributed by atoms with Gasteiger partial charge in [-0.2, -0.15) is 0 Å². The van der Waals surface area contributed by atoms with Crippen LogP contribution in [0.2, 0.25) is 0 Å². The smallest absolute Gasteiger partial charge is 0.289 e. The second-order valence-corrected chi connectivity index (χ2v) is 10.3. The molecule has 31 heavy (non-hydrogen) atoms. The van der Waals surface area contributed by atoms with Crippen molar-refractivity contribution in [1.29, 1.82) is 0 Å². The molecule has 0 radical (unpaired) electrons. The van der Waals surface area contributed by atoms with Gasteiger partial charge < -0.3 is 19.2 Å². The zero-order chi connectivity index (χ0) is 22.2. The van der Waals surface area contributed by atoms with Gasteiger partial charge >= 0.3 is 0 Å². The van der Waals surface area contributed by atoms with Gasteiger partial charge in [-0.3, -0.25) is 4.79 Å². The van der Waals surface area contributed by atoms with Gasteiger partial charge in [0.1, 0.15) is 0 Å². The molecule has 0 saturated carbocycles. The molecule has 1 saturated heterocycles. The van der Waals surface area contributed by atoms with E-state index in [1.54, 1.807) is 25.7 Å². The molecule has 0 bridgehead atoms. The lowest BCUT2D eigenvalue weighted by molar-refractivity contribution is 0.0729. The second-order valence-electron chi connectivity index (χ2n) is 8.68. The van der Waals surface area contributed by atoms with Crippen molar-refractivity contribution < 1.29 is 17.6 Å². The Labute approximate surface area is 181 Å². The third kappa shape index (κ3) is 4.75. The lowest BCUT2D eigenvalue weighted by atomic mass is 10.1. The number of hydrogen-bond acceptors (Lipinski definition) is 6. The molecule has 1 aromatic carbocycles. The summed E-state index contributed by atoms with van der Waals surface area (Å²) >= 11 is 0. The van der Waals surface area contributed by atoms with Crippen LogP contribution in [0, 0.1) is 0 Å². The number of benzene rings is 1. The Morgan fingerprint density at radius 2 is 1.87 bits per heavy atom. The van der Waals surface area contributed by atoms with E-state index < -0.39 is 15.6 Å². The molecule has 9 nitrogen and oxygen atoms in total. The van der Waals surface area contributed by atoms with Gasteiger partial charge in [0, 0.05) is 31.7 Å². The van der Waals surface area contributed by atoms with Gasteiger partial charge in [0.15, 0.2) is 5.76 Å². The summed E-state index contributed by atoms with van der Waals surface area (Å²) in [5.41, 5.74) is 1.23. The quantitative estimate of drug-likeness (QED) is 0.638. The Hall–Kier alpha value is -2.85. The predicted octanol–water partition coefficient (Wildman–Crippen LogP) is 2.59. The average Bonchev–Trinajstić information content (AvgIpc) is 3.28. The molecule has 1 amide bonds. The molecule has 1 fully saturated rings. The summed E-state index contributed by atoms with van der Waals surface area (Å²) in [6.45, 7) is 7.64. The van der Waals surface area contributed by atoms with Gasteiger partial charge in [-0.1, -0.05) is 12.1 Å². The normalized spacial score (nSPS) is 16.0. The van der Waals surface area contributed by atoms with Gasteiger partial charge in [0.25, 0.3) is 15.9 Å². The van der Waals surface area contributed by atoms with Crippen LogP contribution in [0.25, 0.3) is 11.0 Å². The Kier molecular flexibility index (Phi) is 5.52. The first kappa shape index (κ1) is 21.4. The number of fused-ring (bicyclic) bond motifs is 1. The fourth-order valence-corrected chi connectivity index (χ4v) is 4.96. The molecule has 1 aliphatic rings. The lowest BCUT2D eigenvalue weighted by Gasteiger charge is -2.21. The van der Waals surface area contributed by atoms with Crippen LogP contribution in [0.1, 0.15) is 37.7 Å². The summed E-state index contributed by atoms with van der Waals surface area (Å²) in [6, 6.07) is 10.6. The summed E-state index contributed by atoms with van der Waals surface area (Å²) in [4.78, 5) is 24.7. The molecular formula is C21H27N5O4S. The van der Waals surface area contributed by atoms with Crippen molar-refractivity contribution in [3.8, 4) is 0 Å². The van der Waals surface area contributed by atoms with Crippen molar-refractivity contribution in [2.75, 3.05) is 31.1 Å². The SMILES string of the molecule is CC(C)(C)NS(=O)(=O)c1ccc(C(=O)N2CCCN(c3nc4ccccc4[nH]3)CC2)o1. The number of rotatable bonds is 4. The topological polar surface area (TPSA) is 112 Å². The van der Waals surface area contributed by atoms with Gasteiger partial charge in [0.05, 0.1) is 11.0 Å². The van der Waals surface area contributed by atoms with E-state index >= 15 is 0 Å². The van der Waals surface area contributed by atoms with Crippen LogP contribution in [-0.2, 0) is 10.0 Å². The number of anilines is 1.